The molecule has 0 aliphatic heterocycles. The first-order chi connectivity index (χ1) is 62.1. The number of nitrogens with one attached hydrogen (secondary N) is 4. The topological polar surface area (TPSA) is 318 Å². The number of anilines is 4. The predicted octanol–water partition coefficient (Wildman–Crippen LogP) is 20.4. The van der Waals surface area contributed by atoms with Crippen molar-refractivity contribution in [1.82, 2.24) is 76.4 Å². The average molecular weight is 1840 g/mol. The molecule has 4 saturated carbocycles. The molecule has 28 nitrogen and oxygen atoms in total. The second-order valence-electron chi connectivity index (χ2n) is 38.2. The number of aliphatic hydroxyl groups excluding tert-OH is 2. The Balaban J connectivity index is 0.000000199. The highest BCUT2D eigenvalue weighted by Crippen LogP contribution is 2.35. The Morgan fingerprint density at radius 2 is 0.634 bits per heavy atom. The Bertz CT molecular complexity index is 6030. The van der Waals surface area contributed by atoms with Crippen molar-refractivity contribution in [3.8, 4) is 68.3 Å². The number of imidazole rings is 4. The zero-order valence-electron chi connectivity index (χ0n) is 78.2. The van der Waals surface area contributed by atoms with E-state index in [0.29, 0.717) is 112 Å². The van der Waals surface area contributed by atoms with Crippen molar-refractivity contribution in [2.75, 3.05) is 54.8 Å². The molecular formula is C104H146F2N20O8. The lowest BCUT2D eigenvalue weighted by Crippen LogP contribution is -2.39. The van der Waals surface area contributed by atoms with E-state index in [0.717, 1.165) is 103 Å². The van der Waals surface area contributed by atoms with Gasteiger partial charge < -0.3 is 41.0 Å². The smallest absolute Gasteiger partial charge is 0.335 e. The standard InChI is InChI=1S/C26H35N5O2.C25H32FN5O2.C25H33N5O2.C24H30FN5O2.4CH4/c1-18-9-11-20(12-10-18)28-24-27-14-13-22(29-24)23-16-30(26(3,4)17-33-5)25(32)31(23)21-8-6-7-19(2)15-21;1-5-33-25(3,4)30-16-22(31(24(30)32)20-12-8-18(26)9-13-20)21-14-15-27-23(29-21)28-19-10-6-17(2)7-11-19;1-17-8-10-19(11-9-17)27-23-26-13-12-21(28-23)22-15-29(25(3,4)16-31)24(32)30(22)20-7-5-6-18(2)14-20;1-16-4-8-18(9-5-16)27-22-26-13-12-20(28-22)21-14-29(24(2,3)15-31)23(32)30(21)19-10-6-17(25)7-11-19;;;;/h6-8,13-16,18,20H,9-12,17H2,1-5H3,(H,27,28,29);8-9,12-17,19H,5-7,10-11H2,1-4H3,(H,27,28,29);5-7,12-15,17,19,31H,8-11,16H2,1-4H3,(H,26,27,28);6-7,10-14,16,18,31H,4-5,8-9,15H2,1-3H3,(H,26,27,28);4*1H4. The van der Waals surface area contributed by atoms with Gasteiger partial charge in [-0.3, -0.25) is 36.5 Å². The van der Waals surface area contributed by atoms with Crippen LogP contribution in [0.4, 0.5) is 32.6 Å². The molecule has 8 heterocycles. The second kappa shape index (κ2) is 46.4. The van der Waals surface area contributed by atoms with Crippen molar-refractivity contribution < 1.29 is 28.5 Å². The van der Waals surface area contributed by atoms with E-state index >= 15 is 0 Å². The molecule has 4 fully saturated rings. The maximum absolute atomic E-state index is 13.6. The number of nitrogens with zero attached hydrogens (tertiary/aromatic N) is 16. The van der Waals surface area contributed by atoms with Gasteiger partial charge in [0, 0.05) is 87.5 Å². The summed E-state index contributed by atoms with van der Waals surface area (Å²) < 4.78 is 51.1. The van der Waals surface area contributed by atoms with Gasteiger partial charge >= 0.3 is 22.8 Å². The van der Waals surface area contributed by atoms with Gasteiger partial charge in [-0.25, -0.2) is 67.8 Å². The third-order valence-electron chi connectivity index (χ3n) is 25.6. The number of aryl methyl sites for hydroxylation is 2. The van der Waals surface area contributed by atoms with Crippen LogP contribution in [0.1, 0.15) is 234 Å². The zero-order valence-corrected chi connectivity index (χ0v) is 78.2. The molecule has 0 amide bonds. The van der Waals surface area contributed by atoms with Crippen molar-refractivity contribution in [2.24, 2.45) is 23.7 Å². The number of hydrogen-bond acceptors (Lipinski definition) is 20. The highest BCUT2D eigenvalue weighted by atomic mass is 19.1. The first-order valence-electron chi connectivity index (χ1n) is 45.9. The largest absolute Gasteiger partial charge is 0.394 e. The van der Waals surface area contributed by atoms with Crippen LogP contribution < -0.4 is 44.0 Å². The number of benzene rings is 4. The van der Waals surface area contributed by atoms with Crippen LogP contribution in [0, 0.1) is 49.2 Å². The minimum Gasteiger partial charge on any atom is -0.394 e. The number of rotatable bonds is 26. The van der Waals surface area contributed by atoms with E-state index < -0.39 is 22.3 Å². The third-order valence-corrected chi connectivity index (χ3v) is 25.6. The summed E-state index contributed by atoms with van der Waals surface area (Å²) in [5.41, 5.74) is 6.01. The van der Waals surface area contributed by atoms with Crippen LogP contribution in [0.3, 0.4) is 0 Å². The van der Waals surface area contributed by atoms with Gasteiger partial charge in [0.1, 0.15) is 17.4 Å². The zero-order chi connectivity index (χ0) is 92.9. The van der Waals surface area contributed by atoms with Gasteiger partial charge in [0.2, 0.25) is 23.8 Å². The average Bonchev–Trinajstić information content (AvgIpc) is 1.62. The molecule has 4 aliphatic carbocycles. The van der Waals surface area contributed by atoms with E-state index in [1.165, 1.54) is 89.3 Å². The van der Waals surface area contributed by atoms with Gasteiger partial charge in [0.05, 0.1) is 105 Å². The van der Waals surface area contributed by atoms with Crippen LogP contribution >= 0.6 is 0 Å². The van der Waals surface area contributed by atoms with Crippen LogP contribution in [-0.2, 0) is 31.8 Å². The molecule has 0 unspecified atom stereocenters. The number of ether oxygens (including phenoxy) is 2. The number of hydrogen-bond donors (Lipinski definition) is 6. The van der Waals surface area contributed by atoms with Gasteiger partial charge in [-0.15, -0.1) is 0 Å². The van der Waals surface area contributed by atoms with Gasteiger partial charge in [-0.1, -0.05) is 81.7 Å². The molecule has 0 bridgehead atoms. The van der Waals surface area contributed by atoms with E-state index in [-0.39, 0.29) is 77.3 Å². The Hall–Kier alpha value is -11.9. The van der Waals surface area contributed by atoms with Crippen LogP contribution in [0.15, 0.2) is 190 Å². The molecule has 0 atom stereocenters. The van der Waals surface area contributed by atoms with Crippen molar-refractivity contribution >= 4 is 23.8 Å². The fourth-order valence-electron chi connectivity index (χ4n) is 17.5. The molecule has 724 valence electrons. The number of aliphatic hydroxyl groups is 2. The van der Waals surface area contributed by atoms with Crippen LogP contribution in [0.2, 0.25) is 0 Å². The monoisotopic (exact) mass is 1840 g/mol. The lowest BCUT2D eigenvalue weighted by molar-refractivity contribution is -0.0745. The summed E-state index contributed by atoms with van der Waals surface area (Å²) in [5, 5.41) is 33.6. The molecular weight excluding hydrogens is 1700 g/mol. The van der Waals surface area contributed by atoms with Gasteiger partial charge in [0.25, 0.3) is 0 Å². The van der Waals surface area contributed by atoms with E-state index in [2.05, 4.69) is 68.9 Å². The highest BCUT2D eigenvalue weighted by Gasteiger charge is 2.34. The second-order valence-corrected chi connectivity index (χ2v) is 38.2. The summed E-state index contributed by atoms with van der Waals surface area (Å²) in [6.07, 6.45) is 32.4. The van der Waals surface area contributed by atoms with E-state index in [1.54, 1.807) is 124 Å². The van der Waals surface area contributed by atoms with E-state index in [9.17, 15) is 38.2 Å². The summed E-state index contributed by atoms with van der Waals surface area (Å²) >= 11 is 0. The molecule has 16 rings (SSSR count). The third kappa shape index (κ3) is 25.6. The maximum Gasteiger partial charge on any atom is 0.335 e. The summed E-state index contributed by atoms with van der Waals surface area (Å²) in [6, 6.07) is 36.0. The fraction of sp³-hybridized carbons (Fsp3) is 0.500. The van der Waals surface area contributed by atoms with Crippen molar-refractivity contribution in [1.29, 1.82) is 0 Å². The van der Waals surface area contributed by atoms with Crippen LogP contribution in [0.5, 0.6) is 0 Å². The Kier molecular flexibility index (Phi) is 36.6. The van der Waals surface area contributed by atoms with Crippen molar-refractivity contribution in [3.63, 3.8) is 0 Å². The first-order valence-corrected chi connectivity index (χ1v) is 45.9. The number of methoxy groups -OCH3 is 1. The predicted molar refractivity (Wildman–Crippen MR) is 536 cm³/mol. The molecule has 134 heavy (non-hydrogen) atoms. The Labute approximate surface area is 789 Å². The Morgan fingerprint density at radius 3 is 0.896 bits per heavy atom. The molecule has 8 aromatic heterocycles. The molecule has 0 spiro atoms. The quantitative estimate of drug-likeness (QED) is 0.0293. The van der Waals surface area contributed by atoms with E-state index in [4.69, 9.17) is 29.4 Å². The van der Waals surface area contributed by atoms with Crippen LogP contribution in [-0.4, -0.2) is 144 Å². The van der Waals surface area contributed by atoms with Gasteiger partial charge in [-0.05, 0) is 311 Å². The summed E-state index contributed by atoms with van der Waals surface area (Å²) in [7, 11) is 1.65. The lowest BCUT2D eigenvalue weighted by Gasteiger charge is -2.26. The molecule has 4 aromatic carbocycles. The fourth-order valence-corrected chi connectivity index (χ4v) is 17.5. The molecule has 0 saturated heterocycles. The van der Waals surface area contributed by atoms with Crippen molar-refractivity contribution in [3.05, 3.63) is 236 Å². The molecule has 4 aliphatic rings. The minimum absolute atomic E-state index is 0. The summed E-state index contributed by atoms with van der Waals surface area (Å²) in [4.78, 5) is 90.7. The van der Waals surface area contributed by atoms with E-state index in [1.807, 2.05) is 129 Å². The first kappa shape index (κ1) is 106. The molecule has 6 N–H and O–H groups in total. The highest BCUT2D eigenvalue weighted by molar-refractivity contribution is 5.63. The van der Waals surface area contributed by atoms with Crippen LogP contribution in [0.25, 0.3) is 68.3 Å². The molecule has 12 aromatic rings. The summed E-state index contributed by atoms with van der Waals surface area (Å²) in [6.45, 7) is 30.5. The lowest BCUT2D eigenvalue weighted by atomic mass is 9.87. The normalized spacial score (nSPS) is 18.5. The van der Waals surface area contributed by atoms with Crippen molar-refractivity contribution in [2.45, 2.75) is 283 Å². The van der Waals surface area contributed by atoms with Gasteiger partial charge in [0.15, 0.2) is 0 Å². The SMILES string of the molecule is C.C.C.C.CC1CCC(Nc2nccc(-c3cn(C(C)(C)CO)c(=O)n3-c3ccc(F)cc3)n2)CC1.CCOC(C)(C)n1cc(-c2ccnc(NC3CCC(C)CC3)n2)n(-c2ccc(F)cc2)c1=O.COCC(C)(C)n1cc(-c2ccnc(NC3CCC(C)CC3)n2)n(-c2cccc(C)c2)c1=O.Cc1cccc(-n2c(-c3ccnc(NC4CCC(C)CC4)n3)cn(C(C)(C)CO)c2=O)c1. The maximum atomic E-state index is 13.6. The molecule has 0 radical (unpaired) electrons. The number of aromatic nitrogens is 16. The minimum atomic E-state index is -0.862. The van der Waals surface area contributed by atoms with Gasteiger partial charge in [-0.2, -0.15) is 0 Å². The molecule has 30 heteroatoms. The summed E-state index contributed by atoms with van der Waals surface area (Å²) in [5.74, 6) is 4.59. The number of halogens is 2. The Morgan fingerprint density at radius 1 is 0.373 bits per heavy atom.